The molecule has 1 amide bonds. The third kappa shape index (κ3) is 7.38. The molecule has 48 heavy (non-hydrogen) atoms. The molecule has 2 heterocycles. The van der Waals surface area contributed by atoms with Gasteiger partial charge in [0.05, 0.1) is 29.0 Å². The van der Waals surface area contributed by atoms with Gasteiger partial charge in [0.2, 0.25) is 0 Å². The Balaban J connectivity index is 1.11. The lowest BCUT2D eigenvalue weighted by Gasteiger charge is -2.41. The number of thiazole rings is 1. The third-order valence-corrected chi connectivity index (χ3v) is 10.9. The lowest BCUT2D eigenvalue weighted by atomic mass is 9.91. The van der Waals surface area contributed by atoms with Crippen LogP contribution in [0.5, 0.6) is 0 Å². The van der Waals surface area contributed by atoms with E-state index in [1.807, 2.05) is 84.9 Å². The second-order valence-electron chi connectivity index (χ2n) is 12.0. The van der Waals surface area contributed by atoms with Gasteiger partial charge in [0, 0.05) is 29.3 Å². The van der Waals surface area contributed by atoms with Gasteiger partial charge in [-0.05, 0) is 64.2 Å². The number of para-hydroxylation sites is 1. The number of aliphatic hydroxyl groups is 1. The number of hydrogen-bond donors (Lipinski definition) is 2. The average Bonchev–Trinajstić information content (AvgIpc) is 3.57. The maximum absolute atomic E-state index is 12.6. The monoisotopic (exact) mass is 672 g/mol. The Kier molecular flexibility index (Phi) is 9.98. The normalized spacial score (nSPS) is 19.3. The van der Waals surface area contributed by atoms with Crippen LogP contribution in [-0.4, -0.2) is 27.9 Å². The highest BCUT2D eigenvalue weighted by atomic mass is 32.2. The number of carbonyl (C=O) groups excluding carboxylic acids is 1. The number of fused-ring (bicyclic) bond motifs is 1. The number of nitrogens with zero attached hydrogens (tertiary/aromatic N) is 1. The van der Waals surface area contributed by atoms with E-state index >= 15 is 0 Å². The third-order valence-electron chi connectivity index (χ3n) is 8.68. The zero-order chi connectivity index (χ0) is 32.9. The van der Waals surface area contributed by atoms with Crippen LogP contribution in [0.25, 0.3) is 21.3 Å². The standard InChI is InChI=1S/C40H36N2O4S2/c1-26-35(25-47-40-42-34-15-5-6-16-36(34)48-40)45-39(46-37(26)29-19-17-27(24-43)18-20-29)33-14-8-13-32(22-33)31-12-7-9-28(21-31)23-41-38(44)30-10-3-2-4-11-30/h2-22,26,35,37,39,43H,23-25H2,1H3,(H,41,44)/t26-,35+,37+,39+/m0/s1. The molecule has 0 unspecified atom stereocenters. The Morgan fingerprint density at radius 2 is 1.56 bits per heavy atom. The van der Waals surface area contributed by atoms with E-state index in [1.54, 1.807) is 23.1 Å². The summed E-state index contributed by atoms with van der Waals surface area (Å²) in [6.45, 7) is 2.61. The van der Waals surface area contributed by atoms with Gasteiger partial charge in [0.25, 0.3) is 5.91 Å². The summed E-state index contributed by atoms with van der Waals surface area (Å²) in [5, 5.41) is 12.6. The number of thioether (sulfide) groups is 1. The lowest BCUT2D eigenvalue weighted by Crippen LogP contribution is -2.38. The van der Waals surface area contributed by atoms with Crippen LogP contribution < -0.4 is 5.32 Å². The van der Waals surface area contributed by atoms with Crippen LogP contribution in [-0.2, 0) is 22.6 Å². The number of aliphatic hydroxyl groups excluding tert-OH is 1. The lowest BCUT2D eigenvalue weighted by molar-refractivity contribution is -0.268. The van der Waals surface area contributed by atoms with Crippen LogP contribution in [0.2, 0.25) is 0 Å². The van der Waals surface area contributed by atoms with E-state index in [9.17, 15) is 9.90 Å². The van der Waals surface area contributed by atoms with Gasteiger partial charge in [-0.3, -0.25) is 4.79 Å². The molecule has 1 aliphatic rings. The highest BCUT2D eigenvalue weighted by Gasteiger charge is 2.38. The van der Waals surface area contributed by atoms with Crippen molar-refractivity contribution in [3.63, 3.8) is 0 Å². The predicted octanol–water partition coefficient (Wildman–Crippen LogP) is 8.97. The van der Waals surface area contributed by atoms with E-state index < -0.39 is 6.29 Å². The molecule has 242 valence electrons. The molecule has 6 nitrogen and oxygen atoms in total. The van der Waals surface area contributed by atoms with Gasteiger partial charge in [-0.2, -0.15) is 0 Å². The molecule has 0 radical (unpaired) electrons. The van der Waals surface area contributed by atoms with Gasteiger partial charge in [-0.25, -0.2) is 4.98 Å². The van der Waals surface area contributed by atoms with E-state index in [0.717, 1.165) is 49.0 Å². The largest absolute Gasteiger partial charge is 0.392 e. The van der Waals surface area contributed by atoms with Crippen LogP contribution in [0.1, 0.15) is 51.9 Å². The summed E-state index contributed by atoms with van der Waals surface area (Å²) in [4.78, 5) is 17.5. The first-order chi connectivity index (χ1) is 23.5. The first-order valence-electron chi connectivity index (χ1n) is 16.1. The van der Waals surface area contributed by atoms with Crippen LogP contribution in [0.4, 0.5) is 0 Å². The fourth-order valence-corrected chi connectivity index (χ4v) is 8.23. The summed E-state index contributed by atoms with van der Waals surface area (Å²) in [5.41, 5.74) is 7.63. The summed E-state index contributed by atoms with van der Waals surface area (Å²) >= 11 is 3.44. The minimum absolute atomic E-state index is 0.00190. The molecule has 1 aromatic heterocycles. The van der Waals surface area contributed by atoms with Crippen LogP contribution in [0.3, 0.4) is 0 Å². The van der Waals surface area contributed by atoms with Crippen LogP contribution >= 0.6 is 23.1 Å². The van der Waals surface area contributed by atoms with Crippen LogP contribution in [0, 0.1) is 5.92 Å². The number of hydrogen-bond acceptors (Lipinski definition) is 7. The first-order valence-corrected chi connectivity index (χ1v) is 17.9. The van der Waals surface area contributed by atoms with Crippen molar-refractivity contribution in [2.45, 2.75) is 42.9 Å². The predicted molar refractivity (Wildman–Crippen MR) is 193 cm³/mol. The zero-order valence-corrected chi connectivity index (χ0v) is 28.1. The SMILES string of the molecule is C[C@H]1[C@@H](CSc2nc3ccccc3s2)O[C@@H](c2cccc(-c3cccc(CNC(=O)c4ccccc4)c3)c2)O[C@H]1c1ccc(CO)cc1. The van der Waals surface area contributed by atoms with Crippen molar-refractivity contribution < 1.29 is 19.4 Å². The van der Waals surface area contributed by atoms with E-state index in [1.165, 1.54) is 4.70 Å². The number of amides is 1. The highest BCUT2D eigenvalue weighted by molar-refractivity contribution is 8.01. The Morgan fingerprint density at radius 1 is 0.812 bits per heavy atom. The smallest absolute Gasteiger partial charge is 0.251 e. The number of ether oxygens (including phenoxy) is 2. The Hall–Kier alpha value is -4.31. The molecule has 0 spiro atoms. The Labute approximate surface area is 288 Å². The van der Waals surface area contributed by atoms with Crippen molar-refractivity contribution in [1.29, 1.82) is 0 Å². The van der Waals surface area contributed by atoms with Crippen molar-refractivity contribution in [1.82, 2.24) is 10.3 Å². The fraction of sp³-hybridized carbons (Fsp3) is 0.200. The summed E-state index contributed by atoms with van der Waals surface area (Å²) in [7, 11) is 0. The number of benzene rings is 5. The summed E-state index contributed by atoms with van der Waals surface area (Å²) < 4.78 is 15.7. The second-order valence-corrected chi connectivity index (χ2v) is 14.3. The van der Waals surface area contributed by atoms with Crippen molar-refractivity contribution in [3.05, 3.63) is 155 Å². The van der Waals surface area contributed by atoms with E-state index in [-0.39, 0.29) is 30.6 Å². The average molecular weight is 673 g/mol. The Bertz CT molecular complexity index is 1960. The molecule has 2 N–H and O–H groups in total. The second kappa shape index (κ2) is 14.8. The maximum atomic E-state index is 12.6. The van der Waals surface area contributed by atoms with Gasteiger partial charge in [-0.1, -0.05) is 110 Å². The Morgan fingerprint density at radius 3 is 2.35 bits per heavy atom. The topological polar surface area (TPSA) is 80.7 Å². The minimum Gasteiger partial charge on any atom is -0.392 e. The molecule has 8 heteroatoms. The molecule has 0 saturated carbocycles. The molecule has 1 fully saturated rings. The van der Waals surface area contributed by atoms with E-state index in [0.29, 0.717) is 12.1 Å². The molecule has 0 bridgehead atoms. The van der Waals surface area contributed by atoms with Crippen molar-refractivity contribution in [2.24, 2.45) is 5.92 Å². The summed E-state index contributed by atoms with van der Waals surface area (Å²) in [6.07, 6.45) is -0.862. The molecule has 1 aliphatic heterocycles. The molecular formula is C40H36N2O4S2. The first kappa shape index (κ1) is 32.2. The number of carbonyl (C=O) groups is 1. The van der Waals surface area contributed by atoms with Crippen molar-refractivity contribution >= 4 is 39.2 Å². The molecule has 6 aromatic rings. The molecule has 0 aliphatic carbocycles. The summed E-state index contributed by atoms with van der Waals surface area (Å²) in [6, 6.07) is 42.0. The van der Waals surface area contributed by atoms with Gasteiger partial charge in [-0.15, -0.1) is 11.3 Å². The number of nitrogens with one attached hydrogen (secondary N) is 1. The van der Waals surface area contributed by atoms with Crippen molar-refractivity contribution in [2.75, 3.05) is 5.75 Å². The number of rotatable bonds is 10. The summed E-state index contributed by atoms with van der Waals surface area (Å²) in [5.74, 6) is 0.719. The molecular weight excluding hydrogens is 637 g/mol. The van der Waals surface area contributed by atoms with Crippen molar-refractivity contribution in [3.8, 4) is 11.1 Å². The van der Waals surface area contributed by atoms with Gasteiger partial charge >= 0.3 is 0 Å². The van der Waals surface area contributed by atoms with Gasteiger partial charge in [0.1, 0.15) is 0 Å². The van der Waals surface area contributed by atoms with Gasteiger partial charge in [0.15, 0.2) is 10.6 Å². The molecule has 7 rings (SSSR count). The van der Waals surface area contributed by atoms with Crippen LogP contribution in [0.15, 0.2) is 132 Å². The quantitative estimate of drug-likeness (QED) is 0.142. The van der Waals surface area contributed by atoms with E-state index in [2.05, 4.69) is 54.7 Å². The highest BCUT2D eigenvalue weighted by Crippen LogP contribution is 2.44. The molecule has 5 aromatic carbocycles. The minimum atomic E-state index is -0.571. The zero-order valence-electron chi connectivity index (χ0n) is 26.5. The molecule has 1 saturated heterocycles. The maximum Gasteiger partial charge on any atom is 0.251 e. The van der Waals surface area contributed by atoms with E-state index in [4.69, 9.17) is 14.5 Å². The number of aromatic nitrogens is 1. The van der Waals surface area contributed by atoms with Gasteiger partial charge < -0.3 is 19.9 Å². The fourth-order valence-electron chi connectivity index (χ4n) is 5.98. The molecule has 4 atom stereocenters.